The van der Waals surface area contributed by atoms with Crippen LogP contribution in [0, 0.1) is 0 Å². The predicted molar refractivity (Wildman–Crippen MR) is 134 cm³/mol. The zero-order chi connectivity index (χ0) is 21.4. The first-order valence-electron chi connectivity index (χ1n) is 10.4. The standard InChI is InChI=1S/C21H31ClN6O2.HI/c1-4-23-20(25-15-21(2,3)28-11-13-29-14-12-28)24-10-9-18-26-19(27-30-18)16-5-7-17(22)8-6-16;/h5-8H,4,9-15H2,1-3H3,(H2,23,24,25);1H. The summed E-state index contributed by atoms with van der Waals surface area (Å²) in [6.07, 6.45) is 0.609. The van der Waals surface area contributed by atoms with E-state index in [9.17, 15) is 0 Å². The summed E-state index contributed by atoms with van der Waals surface area (Å²) in [4.78, 5) is 11.7. The summed E-state index contributed by atoms with van der Waals surface area (Å²) < 4.78 is 10.8. The number of aliphatic imine (C=N–C) groups is 1. The Morgan fingerprint density at radius 2 is 1.90 bits per heavy atom. The molecule has 2 N–H and O–H groups in total. The van der Waals surface area contributed by atoms with Crippen molar-refractivity contribution >= 4 is 41.5 Å². The lowest BCUT2D eigenvalue weighted by molar-refractivity contribution is -0.00683. The number of benzene rings is 1. The molecule has 1 saturated heterocycles. The number of nitrogens with zero attached hydrogens (tertiary/aromatic N) is 4. The molecule has 0 saturated carbocycles. The van der Waals surface area contributed by atoms with Crippen molar-refractivity contribution in [2.75, 3.05) is 45.9 Å². The van der Waals surface area contributed by atoms with E-state index in [0.29, 0.717) is 36.2 Å². The molecule has 8 nitrogen and oxygen atoms in total. The fraction of sp³-hybridized carbons (Fsp3) is 0.571. The number of ether oxygens (including phenoxy) is 1. The minimum Gasteiger partial charge on any atom is -0.379 e. The fourth-order valence-corrected chi connectivity index (χ4v) is 3.37. The second-order valence-electron chi connectivity index (χ2n) is 7.80. The third-order valence-electron chi connectivity index (χ3n) is 5.04. The lowest BCUT2D eigenvalue weighted by atomic mass is 10.0. The molecule has 2 heterocycles. The first kappa shape index (κ1) is 25.8. The van der Waals surface area contributed by atoms with Crippen LogP contribution in [0.2, 0.25) is 5.02 Å². The third-order valence-corrected chi connectivity index (χ3v) is 5.29. The van der Waals surface area contributed by atoms with Gasteiger partial charge in [-0.1, -0.05) is 16.8 Å². The van der Waals surface area contributed by atoms with Gasteiger partial charge in [0.15, 0.2) is 5.96 Å². The monoisotopic (exact) mass is 562 g/mol. The van der Waals surface area contributed by atoms with Crippen LogP contribution in [-0.4, -0.2) is 72.5 Å². The van der Waals surface area contributed by atoms with Gasteiger partial charge in [0.1, 0.15) is 0 Å². The van der Waals surface area contributed by atoms with Gasteiger partial charge in [0, 0.05) is 48.7 Å². The molecule has 0 radical (unpaired) electrons. The molecule has 1 aliphatic heterocycles. The van der Waals surface area contributed by atoms with E-state index >= 15 is 0 Å². The largest absolute Gasteiger partial charge is 0.379 e. The summed E-state index contributed by atoms with van der Waals surface area (Å²) in [5.74, 6) is 1.93. The van der Waals surface area contributed by atoms with Gasteiger partial charge in [-0.05, 0) is 45.0 Å². The normalized spacial score (nSPS) is 15.4. The van der Waals surface area contributed by atoms with E-state index in [0.717, 1.165) is 44.4 Å². The van der Waals surface area contributed by atoms with Crippen LogP contribution in [0.25, 0.3) is 11.4 Å². The van der Waals surface area contributed by atoms with E-state index in [1.54, 1.807) is 0 Å². The second-order valence-corrected chi connectivity index (χ2v) is 8.24. The SMILES string of the molecule is CCNC(=NCC(C)(C)N1CCOCC1)NCCc1nc(-c2ccc(Cl)cc2)no1.I. The van der Waals surface area contributed by atoms with Gasteiger partial charge in [-0.3, -0.25) is 9.89 Å². The molecule has 2 aromatic rings. The first-order valence-corrected chi connectivity index (χ1v) is 10.8. The number of nitrogens with one attached hydrogen (secondary N) is 2. The summed E-state index contributed by atoms with van der Waals surface area (Å²) in [7, 11) is 0. The maximum absolute atomic E-state index is 5.93. The highest BCUT2D eigenvalue weighted by molar-refractivity contribution is 14.0. The van der Waals surface area contributed by atoms with Crippen molar-refractivity contribution in [3.63, 3.8) is 0 Å². The minimum absolute atomic E-state index is 0. The molecular weight excluding hydrogens is 531 g/mol. The smallest absolute Gasteiger partial charge is 0.228 e. The second kappa shape index (κ2) is 12.6. The Morgan fingerprint density at radius 1 is 1.19 bits per heavy atom. The molecule has 1 aliphatic rings. The number of guanidine groups is 1. The summed E-state index contributed by atoms with van der Waals surface area (Å²) >= 11 is 5.93. The average Bonchev–Trinajstić information content (AvgIpc) is 3.22. The van der Waals surface area contributed by atoms with Crippen LogP contribution >= 0.6 is 35.6 Å². The number of halogens is 2. The molecule has 3 rings (SSSR count). The quantitative estimate of drug-likeness (QED) is 0.290. The highest BCUT2D eigenvalue weighted by Crippen LogP contribution is 2.19. The third kappa shape index (κ3) is 7.89. The topological polar surface area (TPSA) is 87.8 Å². The molecule has 0 bridgehead atoms. The van der Waals surface area contributed by atoms with Crippen molar-refractivity contribution in [1.29, 1.82) is 0 Å². The summed E-state index contributed by atoms with van der Waals surface area (Å²) in [5, 5.41) is 11.4. The van der Waals surface area contributed by atoms with Gasteiger partial charge < -0.3 is 19.9 Å². The van der Waals surface area contributed by atoms with Crippen molar-refractivity contribution in [1.82, 2.24) is 25.7 Å². The summed E-state index contributed by atoms with van der Waals surface area (Å²) in [6.45, 7) is 12.1. The van der Waals surface area contributed by atoms with Crippen LogP contribution in [0.3, 0.4) is 0 Å². The number of hydrogen-bond donors (Lipinski definition) is 2. The summed E-state index contributed by atoms with van der Waals surface area (Å²) in [6, 6.07) is 7.38. The maximum atomic E-state index is 5.93. The van der Waals surface area contributed by atoms with Gasteiger partial charge >= 0.3 is 0 Å². The fourth-order valence-electron chi connectivity index (χ4n) is 3.24. The molecule has 10 heteroatoms. The number of aromatic nitrogens is 2. The molecule has 1 aromatic heterocycles. The highest BCUT2D eigenvalue weighted by atomic mass is 127. The van der Waals surface area contributed by atoms with Crippen molar-refractivity contribution in [3.05, 3.63) is 35.2 Å². The van der Waals surface area contributed by atoms with Gasteiger partial charge in [-0.15, -0.1) is 24.0 Å². The van der Waals surface area contributed by atoms with Crippen molar-refractivity contribution in [3.8, 4) is 11.4 Å². The number of rotatable bonds is 8. The van der Waals surface area contributed by atoms with Crippen LogP contribution in [-0.2, 0) is 11.2 Å². The van der Waals surface area contributed by atoms with E-state index in [4.69, 9.17) is 25.9 Å². The Kier molecular flexibility index (Phi) is 10.5. The van der Waals surface area contributed by atoms with Crippen LogP contribution < -0.4 is 10.6 Å². The zero-order valence-corrected chi connectivity index (χ0v) is 21.4. The van der Waals surface area contributed by atoms with Crippen molar-refractivity contribution in [2.24, 2.45) is 4.99 Å². The van der Waals surface area contributed by atoms with Crippen molar-refractivity contribution in [2.45, 2.75) is 32.7 Å². The van der Waals surface area contributed by atoms with E-state index in [2.05, 4.69) is 46.4 Å². The van der Waals surface area contributed by atoms with E-state index in [1.165, 1.54) is 0 Å². The maximum Gasteiger partial charge on any atom is 0.228 e. The summed E-state index contributed by atoms with van der Waals surface area (Å²) in [5.41, 5.74) is 0.856. The number of morpholine rings is 1. The molecule has 172 valence electrons. The Balaban J connectivity index is 0.00000341. The van der Waals surface area contributed by atoms with Crippen LogP contribution in [0.1, 0.15) is 26.7 Å². The molecule has 0 aliphatic carbocycles. The molecule has 1 aromatic carbocycles. The van der Waals surface area contributed by atoms with Crippen LogP contribution in [0.15, 0.2) is 33.8 Å². The number of hydrogen-bond acceptors (Lipinski definition) is 6. The Hall–Kier alpha value is -1.43. The minimum atomic E-state index is -0.0217. The van der Waals surface area contributed by atoms with Crippen LogP contribution in [0.5, 0.6) is 0 Å². The van der Waals surface area contributed by atoms with Crippen molar-refractivity contribution < 1.29 is 9.26 Å². The predicted octanol–water partition coefficient (Wildman–Crippen LogP) is 3.22. The average molecular weight is 563 g/mol. The molecule has 31 heavy (non-hydrogen) atoms. The molecular formula is C21H32ClIN6O2. The van der Waals surface area contributed by atoms with Gasteiger partial charge in [0.2, 0.25) is 11.7 Å². The molecule has 0 atom stereocenters. The Bertz CT molecular complexity index is 822. The Morgan fingerprint density at radius 3 is 2.58 bits per heavy atom. The van der Waals surface area contributed by atoms with Gasteiger partial charge in [0.25, 0.3) is 0 Å². The van der Waals surface area contributed by atoms with Gasteiger partial charge in [0.05, 0.1) is 19.8 Å². The van der Waals surface area contributed by atoms with E-state index in [-0.39, 0.29) is 29.5 Å². The molecule has 0 unspecified atom stereocenters. The molecule has 0 amide bonds. The lowest BCUT2D eigenvalue weighted by Gasteiger charge is -2.39. The van der Waals surface area contributed by atoms with Gasteiger partial charge in [-0.25, -0.2) is 0 Å². The first-order chi connectivity index (χ1) is 14.5. The zero-order valence-electron chi connectivity index (χ0n) is 18.4. The lowest BCUT2D eigenvalue weighted by Crippen LogP contribution is -2.52. The molecule has 0 spiro atoms. The Labute approximate surface area is 206 Å². The van der Waals surface area contributed by atoms with Crippen LogP contribution in [0.4, 0.5) is 0 Å². The molecule has 1 fully saturated rings. The van der Waals surface area contributed by atoms with Gasteiger partial charge in [-0.2, -0.15) is 4.98 Å². The van der Waals surface area contributed by atoms with E-state index in [1.807, 2.05) is 24.3 Å². The van der Waals surface area contributed by atoms with E-state index < -0.39 is 0 Å². The highest BCUT2D eigenvalue weighted by Gasteiger charge is 2.28.